The minimum atomic E-state index is -4.73. The Morgan fingerprint density at radius 2 is 1.20 bits per heavy atom. The normalized spacial score (nSPS) is 12.7. The number of ether oxygens (including phenoxy) is 1. The number of halogens is 6. The van der Waals surface area contributed by atoms with Gasteiger partial charge in [-0.3, -0.25) is 14.8 Å². The summed E-state index contributed by atoms with van der Waals surface area (Å²) in [7, 11) is 0. The molecule has 8 aromatic heterocycles. The number of anilines is 4. The zero-order valence-corrected chi connectivity index (χ0v) is 37.0. The third-order valence-corrected chi connectivity index (χ3v) is 11.4. The molecule has 0 saturated carbocycles. The number of carboxylic acids is 1. The Kier molecular flexibility index (Phi) is 15.1. The number of hydrogen-bond donors (Lipinski definition) is 1. The Labute approximate surface area is 398 Å². The molecule has 1 aliphatic rings. The molecule has 70 heavy (non-hydrogen) atoms. The first-order valence-electron chi connectivity index (χ1n) is 19.9. The maximum atomic E-state index is 13.0. The maximum absolute atomic E-state index is 13.0. The van der Waals surface area contributed by atoms with Gasteiger partial charge in [0.25, 0.3) is 5.91 Å². The van der Waals surface area contributed by atoms with Crippen molar-refractivity contribution in [2.45, 2.75) is 58.9 Å². The number of aromatic nitrogens is 12. The lowest BCUT2D eigenvalue weighted by Crippen LogP contribution is -2.55. The summed E-state index contributed by atoms with van der Waals surface area (Å²) in [5.41, 5.74) is 0.280. The summed E-state index contributed by atoms with van der Waals surface area (Å²) < 4.78 is 90.9. The standard InChI is InChI=1S/C23H21F3N8O3S.C17H10F3N7O3S.CH4/c1-13(2)36-15-10-33(11-15)21(35)14-7-18(31-29-8-14)34(19-9-27-5-6-28-19)12-16-3-4-17(38-16)20-30-22(37-32-20)23(24,25)26;18-17(19,20)16-24-14(26-30-16)11-2-1-10(31-11)8-27(13-7-21-3-4-22-13)12-5-9(15(28)29)6-23-25-12;/h3-9,13,15H,10-12H2,1-2H3;1-7H,8H2,(H,28,29);1H4. The van der Waals surface area contributed by atoms with E-state index in [-0.39, 0.29) is 61.7 Å². The van der Waals surface area contributed by atoms with Gasteiger partial charge in [-0.05, 0) is 50.2 Å². The van der Waals surface area contributed by atoms with Gasteiger partial charge in [0, 0.05) is 47.6 Å². The number of carbonyl (C=O) groups excluding carboxylic acids is 1. The van der Waals surface area contributed by atoms with Crippen molar-refractivity contribution in [3.8, 4) is 21.4 Å². The molecule has 0 aliphatic carbocycles. The highest BCUT2D eigenvalue weighted by molar-refractivity contribution is 7.15. The summed E-state index contributed by atoms with van der Waals surface area (Å²) in [6.07, 6.45) is 2.07. The molecule has 1 amide bonds. The van der Waals surface area contributed by atoms with Gasteiger partial charge in [0.2, 0.25) is 11.6 Å². The summed E-state index contributed by atoms with van der Waals surface area (Å²) in [6.45, 7) is 5.25. The van der Waals surface area contributed by atoms with Crippen molar-refractivity contribution in [1.82, 2.24) is 65.5 Å². The van der Waals surface area contributed by atoms with Crippen LogP contribution in [0.1, 0.15) is 63.5 Å². The summed E-state index contributed by atoms with van der Waals surface area (Å²) in [6, 6.07) is 9.49. The fraction of sp³-hybridized carbons (Fsp3) is 0.268. The molecule has 0 radical (unpaired) electrons. The van der Waals surface area contributed by atoms with Gasteiger partial charge in [-0.25, -0.2) is 14.8 Å². The first-order chi connectivity index (χ1) is 33.0. The van der Waals surface area contributed by atoms with Crippen LogP contribution < -0.4 is 9.80 Å². The first kappa shape index (κ1) is 50.0. The van der Waals surface area contributed by atoms with Crippen molar-refractivity contribution in [2.75, 3.05) is 22.9 Å². The lowest BCUT2D eigenvalue weighted by Gasteiger charge is -2.39. The SMILES string of the molecule is C.CC(C)OC1CN(C(=O)c2cnnc(N(Cc3ccc(-c4noc(C(F)(F)F)n4)s3)c3cnccn3)c2)C1.O=C(O)c1cnnc(N(Cc2ccc(-c3noc(C(F)(F)F)n3)s2)c2cnccn2)c1. The van der Waals surface area contributed by atoms with Crippen LogP contribution in [0.15, 0.2) is 95.0 Å². The molecule has 0 aromatic carbocycles. The average molecular weight is 1010 g/mol. The van der Waals surface area contributed by atoms with Crippen LogP contribution in [0.2, 0.25) is 0 Å². The number of carboxylic acid groups (broad SMARTS) is 1. The summed E-state index contributed by atoms with van der Waals surface area (Å²) >= 11 is 2.31. The maximum Gasteiger partial charge on any atom is 0.471 e. The van der Waals surface area contributed by atoms with Gasteiger partial charge in [-0.2, -0.15) is 46.5 Å². The lowest BCUT2D eigenvalue weighted by molar-refractivity contribution is -0.160. The number of rotatable bonds is 14. The Bertz CT molecular complexity index is 3020. The van der Waals surface area contributed by atoms with Crippen LogP contribution in [0.25, 0.3) is 21.4 Å². The Balaban J connectivity index is 0.000000208. The van der Waals surface area contributed by atoms with Gasteiger partial charge < -0.3 is 33.6 Å². The lowest BCUT2D eigenvalue weighted by atomic mass is 10.1. The van der Waals surface area contributed by atoms with E-state index in [1.807, 2.05) is 13.8 Å². The number of hydrogen-bond acceptors (Lipinski definition) is 21. The molecule has 0 atom stereocenters. The zero-order chi connectivity index (χ0) is 48.9. The zero-order valence-electron chi connectivity index (χ0n) is 35.3. The number of alkyl halides is 6. The van der Waals surface area contributed by atoms with Crippen LogP contribution in [-0.4, -0.2) is 108 Å². The van der Waals surface area contributed by atoms with E-state index in [1.54, 1.807) is 45.0 Å². The quantitative estimate of drug-likeness (QED) is 0.101. The molecule has 9 rings (SSSR count). The molecule has 8 aromatic rings. The van der Waals surface area contributed by atoms with E-state index >= 15 is 0 Å². The second kappa shape index (κ2) is 21.2. The molecule has 0 unspecified atom stereocenters. The molecule has 1 aliphatic heterocycles. The van der Waals surface area contributed by atoms with Crippen LogP contribution in [0.4, 0.5) is 49.6 Å². The van der Waals surface area contributed by atoms with Crippen LogP contribution in [0.3, 0.4) is 0 Å². The number of thiophene rings is 2. The van der Waals surface area contributed by atoms with Crippen molar-refractivity contribution in [1.29, 1.82) is 0 Å². The number of amides is 1. The Morgan fingerprint density at radius 1 is 0.729 bits per heavy atom. The molecule has 21 nitrogen and oxygen atoms in total. The molecular weight excluding hydrogens is 977 g/mol. The van der Waals surface area contributed by atoms with Crippen molar-refractivity contribution in [2.24, 2.45) is 0 Å². The van der Waals surface area contributed by atoms with Gasteiger partial charge in [0.05, 0.1) is 71.0 Å². The van der Waals surface area contributed by atoms with E-state index in [0.717, 1.165) is 22.4 Å². The van der Waals surface area contributed by atoms with Crippen LogP contribution in [0, 0.1) is 0 Å². The third kappa shape index (κ3) is 12.0. The van der Waals surface area contributed by atoms with E-state index in [1.165, 1.54) is 60.8 Å². The second-order valence-corrected chi connectivity index (χ2v) is 16.9. The van der Waals surface area contributed by atoms with Gasteiger partial charge in [-0.1, -0.05) is 17.7 Å². The molecule has 1 N–H and O–H groups in total. The first-order valence-corrected chi connectivity index (χ1v) is 21.5. The second-order valence-electron chi connectivity index (χ2n) is 14.6. The molecule has 9 heterocycles. The molecule has 1 saturated heterocycles. The predicted molar refractivity (Wildman–Crippen MR) is 235 cm³/mol. The monoisotopic (exact) mass is 1010 g/mol. The van der Waals surface area contributed by atoms with Crippen LogP contribution in [-0.2, 0) is 30.2 Å². The van der Waals surface area contributed by atoms with Crippen molar-refractivity contribution < 1.29 is 54.8 Å². The largest absolute Gasteiger partial charge is 0.478 e. The fourth-order valence-corrected chi connectivity index (χ4v) is 8.09. The number of nitrogens with zero attached hydrogens (tertiary/aromatic N) is 15. The van der Waals surface area contributed by atoms with Crippen LogP contribution in [0.5, 0.6) is 0 Å². The van der Waals surface area contributed by atoms with E-state index in [0.29, 0.717) is 50.7 Å². The highest BCUT2D eigenvalue weighted by Gasteiger charge is 2.40. The van der Waals surface area contributed by atoms with E-state index in [2.05, 4.69) is 69.7 Å². The van der Waals surface area contributed by atoms with Crippen molar-refractivity contribution in [3.05, 3.63) is 119 Å². The highest BCUT2D eigenvalue weighted by Crippen LogP contribution is 2.36. The smallest absolute Gasteiger partial charge is 0.471 e. The third-order valence-electron chi connectivity index (χ3n) is 9.31. The van der Waals surface area contributed by atoms with E-state index < -0.39 is 30.1 Å². The molecule has 364 valence electrons. The Hall–Kier alpha value is -7.92. The average Bonchev–Trinajstić information content (AvgIpc) is 4.17. The molecular formula is C41H35F6N15O6S2. The van der Waals surface area contributed by atoms with Gasteiger partial charge in [-0.15, -0.1) is 32.9 Å². The van der Waals surface area contributed by atoms with E-state index in [4.69, 9.17) is 4.74 Å². The number of aromatic carboxylic acids is 1. The van der Waals surface area contributed by atoms with E-state index in [9.17, 15) is 41.0 Å². The van der Waals surface area contributed by atoms with Gasteiger partial charge >= 0.3 is 30.1 Å². The summed E-state index contributed by atoms with van der Waals surface area (Å²) in [5.74, 6) is -3.21. The Morgan fingerprint density at radius 3 is 1.61 bits per heavy atom. The minimum absolute atomic E-state index is 0. The molecule has 1 fully saturated rings. The topological polar surface area (TPSA) is 254 Å². The molecule has 29 heteroatoms. The number of likely N-dealkylation sites (tertiary alicyclic amines) is 1. The van der Waals surface area contributed by atoms with Gasteiger partial charge in [0.1, 0.15) is 0 Å². The van der Waals surface area contributed by atoms with Crippen molar-refractivity contribution >= 4 is 57.8 Å². The highest BCUT2D eigenvalue weighted by atomic mass is 32.1. The van der Waals surface area contributed by atoms with Crippen molar-refractivity contribution in [3.63, 3.8) is 0 Å². The number of carbonyl (C=O) groups is 2. The molecule has 0 bridgehead atoms. The minimum Gasteiger partial charge on any atom is -0.478 e. The summed E-state index contributed by atoms with van der Waals surface area (Å²) in [5, 5.41) is 32.0. The fourth-order valence-electron chi connectivity index (χ4n) is 6.24. The molecule has 0 spiro atoms. The van der Waals surface area contributed by atoms with Gasteiger partial charge in [0.15, 0.2) is 23.3 Å². The predicted octanol–water partition coefficient (Wildman–Crippen LogP) is 8.05. The summed E-state index contributed by atoms with van der Waals surface area (Å²) in [4.78, 5) is 54.9. The van der Waals surface area contributed by atoms with Crippen LogP contribution >= 0.6 is 22.7 Å².